The molecule has 2 aromatic rings. The number of carbonyl (C=O) groups excluding carboxylic acids is 5. The van der Waals surface area contributed by atoms with Crippen molar-refractivity contribution in [3.8, 4) is 11.5 Å². The first-order valence-corrected chi connectivity index (χ1v) is 25.9. The van der Waals surface area contributed by atoms with Crippen LogP contribution >= 0.6 is 0 Å². The number of ketones is 2. The first kappa shape index (κ1) is 55.6. The largest absolute Gasteiger partial charge is 0.507 e. The number of aromatic nitrogens is 2. The van der Waals surface area contributed by atoms with Crippen molar-refractivity contribution >= 4 is 41.0 Å². The highest BCUT2D eigenvalue weighted by atomic mass is 19.4. The maximum Gasteiger partial charge on any atom is 0.433 e. The predicted octanol–water partition coefficient (Wildman–Crippen LogP) is 5.42. The van der Waals surface area contributed by atoms with Gasteiger partial charge in [0.25, 0.3) is 11.7 Å². The molecule has 5 N–H and O–H groups in total. The molecule has 6 aliphatic heterocycles. The summed E-state index contributed by atoms with van der Waals surface area (Å²) in [6.45, 7) is 15.0. The van der Waals surface area contributed by atoms with Crippen molar-refractivity contribution < 1.29 is 66.7 Å². The SMILES string of the molecule is C/C1=C/C=C/C(C)[C@H](O)[C@@H](C)C(O)C[C@H](OC(=O)CC(=O)N2CCCN(c3nccc(C(F)(F)F)n3)CC2)CC/C=C/O[C@@]2(C)Oc3c(C)c(O)c4c(c3C2=O)C2=NC3(CCN(CC(C)C)CC3)NC2=C(NC1=O)C4=O. The van der Waals surface area contributed by atoms with Crippen LogP contribution in [-0.4, -0.2) is 146 Å². The summed E-state index contributed by atoms with van der Waals surface area (Å²) in [5, 5.41) is 41.1. The van der Waals surface area contributed by atoms with Gasteiger partial charge in [-0.2, -0.15) is 13.2 Å². The summed E-state index contributed by atoms with van der Waals surface area (Å²) in [5.41, 5.74) is -1.63. The number of nitrogens with zero attached hydrogens (tertiary/aromatic N) is 6. The molecule has 2 fully saturated rings. The van der Waals surface area contributed by atoms with Crippen molar-refractivity contribution in [2.45, 2.75) is 129 Å². The minimum absolute atomic E-state index is 0.00782. The Labute approximate surface area is 438 Å². The number of aliphatic hydroxyl groups excluding tert-OH is 2. The lowest BCUT2D eigenvalue weighted by Gasteiger charge is -2.38. The minimum Gasteiger partial charge on any atom is -0.507 e. The smallest absolute Gasteiger partial charge is 0.433 e. The summed E-state index contributed by atoms with van der Waals surface area (Å²) >= 11 is 0. The number of likely N-dealkylation sites (tertiary alicyclic amines) is 1. The molecule has 410 valence electrons. The van der Waals surface area contributed by atoms with Crippen molar-refractivity contribution in [1.29, 1.82) is 0 Å². The van der Waals surface area contributed by atoms with Gasteiger partial charge in [-0.3, -0.25) is 29.0 Å². The van der Waals surface area contributed by atoms with E-state index >= 15 is 0 Å². The molecular weight excluding hydrogens is 994 g/mol. The van der Waals surface area contributed by atoms with Crippen LogP contribution in [0.1, 0.15) is 124 Å². The van der Waals surface area contributed by atoms with Gasteiger partial charge < -0.3 is 54.9 Å². The lowest BCUT2D eigenvalue weighted by atomic mass is 9.82. The third-order valence-corrected chi connectivity index (χ3v) is 15.0. The normalized spacial score (nSPS) is 28.1. The quantitative estimate of drug-likeness (QED) is 0.179. The second-order valence-electron chi connectivity index (χ2n) is 21.2. The Morgan fingerprint density at radius 1 is 1.00 bits per heavy atom. The minimum atomic E-state index is -4.67. The van der Waals surface area contributed by atoms with Crippen LogP contribution in [0.25, 0.3) is 0 Å². The number of nitrogens with one attached hydrogen (secondary N) is 2. The topological polar surface area (TPSA) is 246 Å². The number of alkyl halides is 3. The van der Waals surface area contributed by atoms with Crippen molar-refractivity contribution in [1.82, 2.24) is 30.4 Å². The van der Waals surface area contributed by atoms with Gasteiger partial charge in [0, 0.05) is 107 Å². The van der Waals surface area contributed by atoms with E-state index in [2.05, 4.69) is 39.3 Å². The summed E-state index contributed by atoms with van der Waals surface area (Å²) in [6.07, 6.45) is 1.44. The number of anilines is 1. The molecule has 19 nitrogen and oxygen atoms in total. The molecule has 2 amide bonds. The number of esters is 1. The number of allylic oxidation sites excluding steroid dienone is 5. The summed E-state index contributed by atoms with van der Waals surface area (Å²) in [7, 11) is 0. The van der Waals surface area contributed by atoms with E-state index < -0.39 is 95.0 Å². The van der Waals surface area contributed by atoms with Crippen LogP contribution in [0.4, 0.5) is 19.1 Å². The fourth-order valence-corrected chi connectivity index (χ4v) is 10.6. The van der Waals surface area contributed by atoms with E-state index in [0.717, 1.165) is 18.8 Å². The number of phenolic OH excluding ortho intramolecular Hbond substituents is 1. The molecule has 22 heteroatoms. The maximum absolute atomic E-state index is 14.8. The molecule has 5 bridgehead atoms. The van der Waals surface area contributed by atoms with E-state index in [1.165, 1.54) is 31.1 Å². The number of benzene rings is 1. The molecule has 9 rings (SSSR count). The summed E-state index contributed by atoms with van der Waals surface area (Å²) in [5.74, 6) is -7.01. The Morgan fingerprint density at radius 2 is 1.74 bits per heavy atom. The number of Topliss-reactive ketones (excluding diaryl/α,β-unsaturated/α-hetero) is 2. The Bertz CT molecular complexity index is 2800. The van der Waals surface area contributed by atoms with Gasteiger partial charge in [0.05, 0.1) is 41.0 Å². The molecule has 0 radical (unpaired) electrons. The number of ether oxygens (including phenoxy) is 3. The lowest BCUT2D eigenvalue weighted by Crippen LogP contribution is -2.50. The van der Waals surface area contributed by atoms with Gasteiger partial charge in [0.1, 0.15) is 41.1 Å². The van der Waals surface area contributed by atoms with Crippen molar-refractivity contribution in [3.05, 3.63) is 87.7 Å². The Morgan fingerprint density at radius 3 is 2.45 bits per heavy atom. The van der Waals surface area contributed by atoms with Gasteiger partial charge in [0.2, 0.25) is 17.6 Å². The first-order valence-electron chi connectivity index (χ1n) is 25.9. The Hall–Kier alpha value is -6.65. The number of hydrogen-bond acceptors (Lipinski definition) is 17. The average Bonchev–Trinajstić information content (AvgIpc) is 3.77. The summed E-state index contributed by atoms with van der Waals surface area (Å²) in [6, 6.07) is 0.776. The second kappa shape index (κ2) is 22.1. The molecule has 1 spiro atoms. The molecule has 2 unspecified atom stereocenters. The first-order chi connectivity index (χ1) is 35.9. The zero-order valence-corrected chi connectivity index (χ0v) is 43.8. The Balaban J connectivity index is 1.05. The number of aliphatic hydroxyl groups is 2. The number of phenols is 1. The molecule has 7 aliphatic rings. The summed E-state index contributed by atoms with van der Waals surface area (Å²) in [4.78, 5) is 88.7. The zero-order chi connectivity index (χ0) is 55.0. The third kappa shape index (κ3) is 11.5. The number of rotatable bonds is 6. The van der Waals surface area contributed by atoms with E-state index in [1.807, 2.05) is 0 Å². The third-order valence-electron chi connectivity index (χ3n) is 15.0. The highest BCUT2D eigenvalue weighted by Crippen LogP contribution is 2.50. The highest BCUT2D eigenvalue weighted by molar-refractivity contribution is 6.34. The van der Waals surface area contributed by atoms with Crippen LogP contribution in [0.3, 0.4) is 0 Å². The monoisotopic (exact) mass is 1060 g/mol. The summed E-state index contributed by atoms with van der Waals surface area (Å²) < 4.78 is 58.3. The van der Waals surface area contributed by atoms with Gasteiger partial charge in [-0.05, 0) is 51.2 Å². The number of fused-ring (bicyclic) bond motifs is 13. The molecule has 76 heavy (non-hydrogen) atoms. The number of piperidine rings is 1. The van der Waals surface area contributed by atoms with Gasteiger partial charge in [-0.15, -0.1) is 0 Å². The van der Waals surface area contributed by atoms with Crippen molar-refractivity contribution in [2.75, 3.05) is 50.7 Å². The van der Waals surface area contributed by atoms with E-state index in [0.29, 0.717) is 38.3 Å². The van der Waals surface area contributed by atoms with Crippen molar-refractivity contribution in [2.24, 2.45) is 22.7 Å². The van der Waals surface area contributed by atoms with E-state index in [1.54, 1.807) is 43.9 Å². The van der Waals surface area contributed by atoms with Crippen LogP contribution in [0.5, 0.6) is 11.5 Å². The number of aromatic hydroxyl groups is 1. The standard InChI is InChI=1S/C54H67F3N8O11/c1-29(2)28-63-21-16-53(17-22-63)61-42-39-40-46(70)33(6)48-41(39)49(72)52(7,76-48)74-25-9-8-14-34(26-35(66)32(5)45(69)30(3)12-10-13-31(4)50(73)60-44(47(40)71)43(42)62-53)75-38(68)27-37(67)64-19-11-20-65(24-23-64)51-58-18-15-36(59-51)54(55,56)57/h9-10,12-13,15,18,25,29-30,32,34-35,45,62,66,69-70H,8,11,14,16-17,19-24,26-28H2,1-7H3,(H,60,73)/b12-10+,25-9+,31-13-/t30?,32-,34+,35?,45-,52-/m0/s1. The molecule has 1 aromatic carbocycles. The van der Waals surface area contributed by atoms with Gasteiger partial charge in [0.15, 0.2) is 0 Å². The highest BCUT2D eigenvalue weighted by Gasteiger charge is 2.54. The molecule has 7 heterocycles. The average molecular weight is 1060 g/mol. The lowest BCUT2D eigenvalue weighted by molar-refractivity contribution is -0.155. The van der Waals surface area contributed by atoms with Crippen molar-refractivity contribution in [3.63, 3.8) is 0 Å². The van der Waals surface area contributed by atoms with E-state index in [9.17, 15) is 52.5 Å². The fraction of sp³-hybridized carbons (Fsp3) is 0.556. The molecule has 0 saturated carbocycles. The van der Waals surface area contributed by atoms with Crippen LogP contribution in [0, 0.1) is 24.7 Å². The van der Waals surface area contributed by atoms with Crippen LogP contribution < -0.4 is 20.3 Å². The predicted molar refractivity (Wildman–Crippen MR) is 271 cm³/mol. The Kier molecular flexibility index (Phi) is 16.2. The van der Waals surface area contributed by atoms with Crippen LogP contribution in [-0.2, 0) is 30.0 Å². The van der Waals surface area contributed by atoms with E-state index in [-0.39, 0.29) is 102 Å². The van der Waals surface area contributed by atoms with Crippen LogP contribution in [0.15, 0.2) is 64.8 Å². The van der Waals surface area contributed by atoms with Gasteiger partial charge >= 0.3 is 17.9 Å². The maximum atomic E-state index is 14.8. The molecule has 6 atom stereocenters. The molecule has 1 aromatic heterocycles. The number of hydrogen-bond donors (Lipinski definition) is 5. The zero-order valence-electron chi connectivity index (χ0n) is 43.8. The van der Waals surface area contributed by atoms with E-state index in [4.69, 9.17) is 19.2 Å². The number of amides is 2. The van der Waals surface area contributed by atoms with Crippen LogP contribution in [0.2, 0.25) is 0 Å². The second-order valence-corrected chi connectivity index (χ2v) is 21.2. The molecular formula is C54H67F3N8O11. The van der Waals surface area contributed by atoms with Gasteiger partial charge in [-0.25, -0.2) is 9.97 Å². The molecule has 2 saturated heterocycles. The fourth-order valence-electron chi connectivity index (χ4n) is 10.6. The number of carbonyl (C=O) groups is 5. The number of halogens is 3. The molecule has 1 aliphatic carbocycles. The van der Waals surface area contributed by atoms with Gasteiger partial charge in [-0.1, -0.05) is 45.9 Å². The number of aliphatic imine (C=N–C) groups is 1.